The third-order valence-corrected chi connectivity index (χ3v) is 2.86. The van der Waals surface area contributed by atoms with Gasteiger partial charge in [0.1, 0.15) is 5.88 Å². The van der Waals surface area contributed by atoms with Crippen LogP contribution in [0.15, 0.2) is 0 Å². The summed E-state index contributed by atoms with van der Waals surface area (Å²) in [5.74, 6) is -0.739. The van der Waals surface area contributed by atoms with Crippen molar-refractivity contribution in [1.29, 1.82) is 5.41 Å². The maximum atomic E-state index is 12.6. The molecule has 0 bridgehead atoms. The second-order valence-corrected chi connectivity index (χ2v) is 5.46. The van der Waals surface area contributed by atoms with Crippen molar-refractivity contribution in [3.63, 3.8) is 0 Å². The lowest BCUT2D eigenvalue weighted by Gasteiger charge is -2.20. The zero-order chi connectivity index (χ0) is 14.3. The number of amides is 2. The molecule has 0 aliphatic rings. The molecule has 0 aromatic carbocycles. The summed E-state index contributed by atoms with van der Waals surface area (Å²) in [7, 11) is -0.272. The molecule has 0 saturated heterocycles. The summed E-state index contributed by atoms with van der Waals surface area (Å²) >= 11 is 0.365. The molecule has 0 fully saturated rings. The highest BCUT2D eigenvalue weighted by molar-refractivity contribution is 7.96. The number of nitrogens with one attached hydrogen (secondary N) is 1. The topological polar surface area (TPSA) is 100 Å². The second kappa shape index (κ2) is 7.87. The fraction of sp³-hybridized carbons (Fsp3) is 0.571. The van der Waals surface area contributed by atoms with Crippen molar-refractivity contribution < 1.29 is 28.0 Å². The molecule has 0 saturated carbocycles. The summed E-state index contributed by atoms with van der Waals surface area (Å²) in [5.41, 5.74) is 0. The van der Waals surface area contributed by atoms with E-state index in [9.17, 15) is 18.2 Å². The van der Waals surface area contributed by atoms with Gasteiger partial charge in [-0.1, -0.05) is 0 Å². The number of halogens is 1. The summed E-state index contributed by atoms with van der Waals surface area (Å²) in [6, 6.07) is 0. The van der Waals surface area contributed by atoms with E-state index in [1.54, 1.807) is 0 Å². The van der Waals surface area contributed by atoms with E-state index in [2.05, 4.69) is 9.78 Å². The van der Waals surface area contributed by atoms with E-state index in [1.807, 2.05) is 0 Å². The SMILES string of the molecule is CC(=N)OOC(=O)N(C)SN(CS(C)=O)C(=O)F. The van der Waals surface area contributed by atoms with E-state index in [0.717, 1.165) is 4.31 Å². The molecule has 11 heteroatoms. The first-order valence-electron chi connectivity index (χ1n) is 4.36. The molecule has 0 aromatic rings. The first kappa shape index (κ1) is 16.6. The van der Waals surface area contributed by atoms with Crippen molar-refractivity contribution in [2.45, 2.75) is 6.92 Å². The van der Waals surface area contributed by atoms with Gasteiger partial charge in [0, 0.05) is 31.0 Å². The highest BCUT2D eigenvalue weighted by Crippen LogP contribution is 2.17. The summed E-state index contributed by atoms with van der Waals surface area (Å²) < 4.78 is 24.7. The minimum Gasteiger partial charge on any atom is -0.270 e. The van der Waals surface area contributed by atoms with Crippen LogP contribution in [0.1, 0.15) is 6.92 Å². The number of carbonyl (C=O) groups excluding carboxylic acids is 2. The van der Waals surface area contributed by atoms with Gasteiger partial charge in [0.05, 0.1) is 12.1 Å². The molecule has 0 spiro atoms. The fourth-order valence-corrected chi connectivity index (χ4v) is 2.13. The Hall–Kier alpha value is -1.36. The molecule has 1 N–H and O–H groups in total. The molecule has 2 amide bonds. The average Bonchev–Trinajstić information content (AvgIpc) is 2.23. The zero-order valence-corrected chi connectivity index (χ0v) is 11.5. The van der Waals surface area contributed by atoms with Gasteiger partial charge < -0.3 is 0 Å². The third-order valence-electron chi connectivity index (χ3n) is 1.21. The number of hydrogen-bond donors (Lipinski definition) is 1. The van der Waals surface area contributed by atoms with Crippen molar-refractivity contribution >= 4 is 41.1 Å². The minimum absolute atomic E-state index is 0.352. The Bertz CT molecular complexity index is 367. The molecular weight excluding hydrogens is 289 g/mol. The lowest BCUT2D eigenvalue weighted by Crippen LogP contribution is -2.31. The number of hydrogen-bond acceptors (Lipinski definition) is 7. The van der Waals surface area contributed by atoms with Gasteiger partial charge in [-0.2, -0.15) is 0 Å². The first-order chi connectivity index (χ1) is 8.23. The van der Waals surface area contributed by atoms with E-state index in [4.69, 9.17) is 5.41 Å². The predicted octanol–water partition coefficient (Wildman–Crippen LogP) is 1.27. The van der Waals surface area contributed by atoms with Gasteiger partial charge in [0.15, 0.2) is 0 Å². The molecule has 0 aliphatic heterocycles. The Morgan fingerprint density at radius 3 is 2.39 bits per heavy atom. The van der Waals surface area contributed by atoms with Crippen molar-refractivity contribution in [2.75, 3.05) is 19.2 Å². The van der Waals surface area contributed by atoms with Crippen molar-refractivity contribution in [3.05, 3.63) is 0 Å². The zero-order valence-electron chi connectivity index (χ0n) is 9.84. The van der Waals surface area contributed by atoms with Crippen LogP contribution in [0, 0.1) is 5.41 Å². The smallest absolute Gasteiger partial charge is 0.270 e. The van der Waals surface area contributed by atoms with Gasteiger partial charge in [0.25, 0.3) is 0 Å². The Kier molecular flexibility index (Phi) is 7.27. The van der Waals surface area contributed by atoms with Gasteiger partial charge in [0.2, 0.25) is 5.90 Å². The van der Waals surface area contributed by atoms with Crippen LogP contribution in [-0.4, -0.2) is 50.2 Å². The van der Waals surface area contributed by atoms with Crippen molar-refractivity contribution in [2.24, 2.45) is 0 Å². The standard InChI is InChI=1S/C7H12FN3O5S2/c1-5(9)15-16-7(13)10(2)17-11(6(8)12)4-18(3)14/h9H,4H2,1-3H3. The summed E-state index contributed by atoms with van der Waals surface area (Å²) in [6.45, 7) is 1.23. The molecule has 0 heterocycles. The number of carbonyl (C=O) groups is 2. The Labute approximate surface area is 110 Å². The van der Waals surface area contributed by atoms with E-state index in [-0.39, 0.29) is 11.8 Å². The van der Waals surface area contributed by atoms with Gasteiger partial charge in [-0.25, -0.2) is 23.1 Å². The minimum atomic E-state index is -1.85. The maximum Gasteiger partial charge on any atom is 0.463 e. The van der Waals surface area contributed by atoms with Crippen LogP contribution in [0.4, 0.5) is 14.0 Å². The highest BCUT2D eigenvalue weighted by Gasteiger charge is 2.22. The predicted molar refractivity (Wildman–Crippen MR) is 63.6 cm³/mol. The van der Waals surface area contributed by atoms with Gasteiger partial charge >= 0.3 is 12.3 Å². The Morgan fingerprint density at radius 1 is 1.44 bits per heavy atom. The van der Waals surface area contributed by atoms with Crippen molar-refractivity contribution in [1.82, 2.24) is 8.61 Å². The van der Waals surface area contributed by atoms with Crippen LogP contribution in [0.5, 0.6) is 0 Å². The normalized spacial score (nSPS) is 11.3. The van der Waals surface area contributed by atoms with Crippen molar-refractivity contribution in [3.8, 4) is 0 Å². The Morgan fingerprint density at radius 2 is 2.00 bits per heavy atom. The van der Waals surface area contributed by atoms with Gasteiger partial charge in [-0.3, -0.25) is 14.5 Å². The monoisotopic (exact) mass is 301 g/mol. The lowest BCUT2D eigenvalue weighted by atomic mass is 10.8. The average molecular weight is 301 g/mol. The van der Waals surface area contributed by atoms with Crippen LogP contribution >= 0.6 is 12.1 Å². The summed E-state index contributed by atoms with van der Waals surface area (Å²) in [6.07, 6.45) is -1.63. The lowest BCUT2D eigenvalue weighted by molar-refractivity contribution is -0.164. The molecule has 104 valence electrons. The third kappa shape index (κ3) is 7.06. The first-order valence-corrected chi connectivity index (χ1v) is 6.82. The quantitative estimate of drug-likeness (QED) is 0.160. The molecule has 8 nitrogen and oxygen atoms in total. The number of rotatable bonds is 4. The maximum absolute atomic E-state index is 12.6. The van der Waals surface area contributed by atoms with E-state index >= 15 is 0 Å². The van der Waals surface area contributed by atoms with Crippen LogP contribution in [0.2, 0.25) is 0 Å². The summed E-state index contributed by atoms with van der Waals surface area (Å²) in [4.78, 5) is 30.1. The molecule has 0 radical (unpaired) electrons. The fourth-order valence-electron chi connectivity index (χ4n) is 0.603. The largest absolute Gasteiger partial charge is 0.463 e. The van der Waals surface area contributed by atoms with E-state index < -0.39 is 23.1 Å². The van der Waals surface area contributed by atoms with Gasteiger partial charge in [-0.15, -0.1) is 4.39 Å². The molecule has 0 aromatic heterocycles. The number of nitrogens with zero attached hydrogens (tertiary/aromatic N) is 2. The Balaban J connectivity index is 4.36. The highest BCUT2D eigenvalue weighted by atomic mass is 32.2. The molecule has 0 rings (SSSR count). The molecular formula is C7H12FN3O5S2. The van der Waals surface area contributed by atoms with Crippen LogP contribution in [-0.2, 0) is 20.6 Å². The summed E-state index contributed by atoms with van der Waals surface area (Å²) in [5, 5.41) is 6.84. The van der Waals surface area contributed by atoms with Crippen LogP contribution in [0.3, 0.4) is 0 Å². The molecule has 1 atom stereocenters. The molecule has 0 aliphatic carbocycles. The second-order valence-electron chi connectivity index (χ2n) is 2.90. The van der Waals surface area contributed by atoms with Crippen LogP contribution in [0.25, 0.3) is 0 Å². The van der Waals surface area contributed by atoms with E-state index in [0.29, 0.717) is 16.4 Å². The van der Waals surface area contributed by atoms with Gasteiger partial charge in [-0.05, 0) is 0 Å². The molecule has 1 unspecified atom stereocenters. The van der Waals surface area contributed by atoms with E-state index in [1.165, 1.54) is 20.2 Å². The molecule has 18 heavy (non-hydrogen) atoms. The van der Waals surface area contributed by atoms with Crippen LogP contribution < -0.4 is 0 Å².